The molecule has 1 aromatic heterocycles. The Morgan fingerprint density at radius 2 is 1.76 bits per heavy atom. The standard InChI is InChI=1S/C30H26ClN3O2S2/c1-3-20(2)34-29(35)27(38-30(34)37)17-23-18-33(24-10-5-4-6-11-24)32-28(23)21-13-15-25(16-14-21)36-19-22-9-7-8-12-26(22)31/h4-18,20H,3,19H2,1-2H3/b27-17-/t20-/m1/s1. The first-order valence-electron chi connectivity index (χ1n) is 12.3. The molecular weight excluding hydrogens is 534 g/mol. The van der Waals surface area contributed by atoms with E-state index in [1.165, 1.54) is 11.8 Å². The van der Waals surface area contributed by atoms with Gasteiger partial charge in [0.2, 0.25) is 0 Å². The number of carbonyl (C=O) groups excluding carboxylic acids is 1. The van der Waals surface area contributed by atoms with E-state index in [0.717, 1.165) is 40.2 Å². The summed E-state index contributed by atoms with van der Waals surface area (Å²) in [6.07, 6.45) is 4.68. The van der Waals surface area contributed by atoms with Gasteiger partial charge in [-0.15, -0.1) is 0 Å². The molecule has 5 rings (SSSR count). The molecule has 0 unspecified atom stereocenters. The number of para-hydroxylation sites is 1. The van der Waals surface area contributed by atoms with Crippen LogP contribution in [0.4, 0.5) is 0 Å². The van der Waals surface area contributed by atoms with E-state index in [-0.39, 0.29) is 11.9 Å². The van der Waals surface area contributed by atoms with Crippen LogP contribution in [-0.2, 0) is 11.4 Å². The monoisotopic (exact) mass is 559 g/mol. The highest BCUT2D eigenvalue weighted by Gasteiger charge is 2.35. The van der Waals surface area contributed by atoms with Crippen LogP contribution in [0.25, 0.3) is 23.0 Å². The Morgan fingerprint density at radius 3 is 2.47 bits per heavy atom. The van der Waals surface area contributed by atoms with Gasteiger partial charge in [0.15, 0.2) is 0 Å². The van der Waals surface area contributed by atoms with Crippen LogP contribution in [0.3, 0.4) is 0 Å². The molecule has 0 spiro atoms. The van der Waals surface area contributed by atoms with Gasteiger partial charge in [0, 0.05) is 34.0 Å². The highest BCUT2D eigenvalue weighted by Crippen LogP contribution is 2.36. The second-order valence-corrected chi connectivity index (χ2v) is 11.0. The molecular formula is C30H26ClN3O2S2. The predicted molar refractivity (Wildman–Crippen MR) is 160 cm³/mol. The molecule has 38 heavy (non-hydrogen) atoms. The smallest absolute Gasteiger partial charge is 0.266 e. The lowest BCUT2D eigenvalue weighted by Crippen LogP contribution is -2.36. The van der Waals surface area contributed by atoms with Gasteiger partial charge in [0.1, 0.15) is 16.7 Å². The number of hydrogen-bond donors (Lipinski definition) is 0. The highest BCUT2D eigenvalue weighted by molar-refractivity contribution is 8.26. The fraction of sp³-hybridized carbons (Fsp3) is 0.167. The zero-order valence-corrected chi connectivity index (χ0v) is 23.4. The number of benzene rings is 3. The third-order valence-electron chi connectivity index (χ3n) is 6.38. The number of thiocarbonyl (C=S) groups is 1. The van der Waals surface area contributed by atoms with Crippen LogP contribution in [0, 0.1) is 0 Å². The lowest BCUT2D eigenvalue weighted by molar-refractivity contribution is -0.123. The molecule has 4 aromatic rings. The fourth-order valence-corrected chi connectivity index (χ4v) is 5.74. The molecule has 0 bridgehead atoms. The van der Waals surface area contributed by atoms with Crippen molar-refractivity contribution in [3.8, 4) is 22.7 Å². The fourth-order valence-electron chi connectivity index (χ4n) is 4.10. The van der Waals surface area contributed by atoms with Crippen LogP contribution in [0.1, 0.15) is 31.4 Å². The van der Waals surface area contributed by atoms with E-state index in [9.17, 15) is 4.79 Å². The second-order valence-electron chi connectivity index (χ2n) is 8.93. The van der Waals surface area contributed by atoms with Crippen molar-refractivity contribution in [2.24, 2.45) is 0 Å². The summed E-state index contributed by atoms with van der Waals surface area (Å²) in [6, 6.07) is 25.4. The van der Waals surface area contributed by atoms with E-state index in [1.54, 1.807) is 4.90 Å². The van der Waals surface area contributed by atoms with Crippen LogP contribution in [0.5, 0.6) is 5.75 Å². The molecule has 3 aromatic carbocycles. The quantitative estimate of drug-likeness (QED) is 0.163. The maximum Gasteiger partial charge on any atom is 0.266 e. The lowest BCUT2D eigenvalue weighted by atomic mass is 10.1. The molecule has 1 atom stereocenters. The van der Waals surface area contributed by atoms with E-state index in [4.69, 9.17) is 33.7 Å². The van der Waals surface area contributed by atoms with Crippen molar-refractivity contribution < 1.29 is 9.53 Å². The molecule has 1 aliphatic heterocycles. The minimum absolute atomic E-state index is 0.0539. The minimum atomic E-state index is -0.0592. The first-order valence-corrected chi connectivity index (χ1v) is 13.9. The Bertz CT molecular complexity index is 1500. The molecule has 1 fully saturated rings. The summed E-state index contributed by atoms with van der Waals surface area (Å²) in [7, 11) is 0. The summed E-state index contributed by atoms with van der Waals surface area (Å²) >= 11 is 13.1. The minimum Gasteiger partial charge on any atom is -0.489 e. The second kappa shape index (κ2) is 11.6. The molecule has 0 saturated carbocycles. The van der Waals surface area contributed by atoms with Crippen LogP contribution in [-0.4, -0.2) is 30.9 Å². The van der Waals surface area contributed by atoms with Gasteiger partial charge < -0.3 is 4.74 Å². The summed E-state index contributed by atoms with van der Waals surface area (Å²) in [5.74, 6) is 0.670. The molecule has 8 heteroatoms. The van der Waals surface area contributed by atoms with Gasteiger partial charge >= 0.3 is 0 Å². The molecule has 0 N–H and O–H groups in total. The van der Waals surface area contributed by atoms with Crippen molar-refractivity contribution in [2.75, 3.05) is 0 Å². The maximum absolute atomic E-state index is 13.2. The van der Waals surface area contributed by atoms with Crippen LogP contribution in [0.15, 0.2) is 90.0 Å². The third-order valence-corrected chi connectivity index (χ3v) is 8.08. The van der Waals surface area contributed by atoms with E-state index >= 15 is 0 Å². The molecule has 0 radical (unpaired) electrons. The van der Waals surface area contributed by atoms with Gasteiger partial charge in [-0.05, 0) is 61.9 Å². The number of halogens is 1. The molecule has 1 aliphatic rings. The molecule has 1 saturated heterocycles. The van der Waals surface area contributed by atoms with Gasteiger partial charge in [0.25, 0.3) is 5.91 Å². The number of rotatable bonds is 8. The lowest BCUT2D eigenvalue weighted by Gasteiger charge is -2.21. The highest BCUT2D eigenvalue weighted by atomic mass is 35.5. The van der Waals surface area contributed by atoms with Gasteiger partial charge in [-0.25, -0.2) is 4.68 Å². The van der Waals surface area contributed by atoms with E-state index in [0.29, 0.717) is 20.9 Å². The zero-order chi connectivity index (χ0) is 26.6. The number of thioether (sulfide) groups is 1. The summed E-state index contributed by atoms with van der Waals surface area (Å²) < 4.78 is 8.38. The average molecular weight is 560 g/mol. The topological polar surface area (TPSA) is 47.4 Å². The van der Waals surface area contributed by atoms with E-state index in [2.05, 4.69) is 6.92 Å². The van der Waals surface area contributed by atoms with E-state index in [1.807, 2.05) is 103 Å². The van der Waals surface area contributed by atoms with Crippen molar-refractivity contribution in [2.45, 2.75) is 32.9 Å². The Labute approximate surface area is 237 Å². The molecule has 0 aliphatic carbocycles. The Morgan fingerprint density at radius 1 is 1.05 bits per heavy atom. The maximum atomic E-state index is 13.2. The first-order chi connectivity index (χ1) is 18.4. The number of aromatic nitrogens is 2. The summed E-state index contributed by atoms with van der Waals surface area (Å²) in [6.45, 7) is 4.45. The normalized spacial score (nSPS) is 15.3. The van der Waals surface area contributed by atoms with Crippen LogP contribution < -0.4 is 4.74 Å². The molecule has 5 nitrogen and oxygen atoms in total. The summed E-state index contributed by atoms with van der Waals surface area (Å²) in [4.78, 5) is 15.5. The van der Waals surface area contributed by atoms with Gasteiger partial charge in [-0.1, -0.05) is 78.9 Å². The van der Waals surface area contributed by atoms with Crippen molar-refractivity contribution in [1.82, 2.24) is 14.7 Å². The number of ether oxygens (including phenoxy) is 1. The van der Waals surface area contributed by atoms with Crippen LogP contribution in [0.2, 0.25) is 5.02 Å². The number of amides is 1. The van der Waals surface area contributed by atoms with Crippen molar-refractivity contribution >= 4 is 51.9 Å². The predicted octanol–water partition coefficient (Wildman–Crippen LogP) is 7.77. The average Bonchev–Trinajstić information content (AvgIpc) is 3.48. The molecule has 2 heterocycles. The molecule has 192 valence electrons. The molecule has 1 amide bonds. The van der Waals surface area contributed by atoms with E-state index < -0.39 is 0 Å². The Balaban J connectivity index is 1.46. The summed E-state index contributed by atoms with van der Waals surface area (Å²) in [5.41, 5.74) is 4.37. The summed E-state index contributed by atoms with van der Waals surface area (Å²) in [5, 5.41) is 5.57. The van der Waals surface area contributed by atoms with Crippen molar-refractivity contribution in [3.05, 3.63) is 106 Å². The van der Waals surface area contributed by atoms with Crippen LogP contribution >= 0.6 is 35.6 Å². The SMILES string of the molecule is CC[C@@H](C)N1C(=O)/C(=C/c2cn(-c3ccccc3)nc2-c2ccc(OCc3ccccc3Cl)cc2)SC1=S. The Hall–Kier alpha value is -3.39. The zero-order valence-electron chi connectivity index (χ0n) is 21.0. The van der Waals surface area contributed by atoms with Gasteiger partial charge in [-0.3, -0.25) is 9.69 Å². The van der Waals surface area contributed by atoms with Gasteiger partial charge in [0.05, 0.1) is 16.3 Å². The number of carbonyl (C=O) groups is 1. The number of nitrogens with zero attached hydrogens (tertiary/aromatic N) is 3. The largest absolute Gasteiger partial charge is 0.489 e. The van der Waals surface area contributed by atoms with Gasteiger partial charge in [-0.2, -0.15) is 5.10 Å². The first kappa shape index (κ1) is 26.2. The van der Waals surface area contributed by atoms with Crippen molar-refractivity contribution in [1.29, 1.82) is 0 Å². The van der Waals surface area contributed by atoms with Crippen molar-refractivity contribution in [3.63, 3.8) is 0 Å². The number of hydrogen-bond acceptors (Lipinski definition) is 5. The third kappa shape index (κ3) is 5.55. The Kier molecular flexibility index (Phi) is 7.98.